The Hall–Kier alpha value is -0.780. The first-order valence-electron chi connectivity index (χ1n) is 12.3. The van der Waals surface area contributed by atoms with E-state index in [4.69, 9.17) is 0 Å². The molecule has 28 heavy (non-hydrogen) atoms. The lowest BCUT2D eigenvalue weighted by Crippen LogP contribution is -2.49. The van der Waals surface area contributed by atoms with Crippen molar-refractivity contribution in [1.82, 2.24) is 0 Å². The molecule has 0 aliphatic heterocycles. The molecule has 0 heterocycles. The summed E-state index contributed by atoms with van der Waals surface area (Å²) >= 11 is 0. The molecule has 0 amide bonds. The fraction of sp³-hybridized carbons (Fsp3) is 0.786. The van der Waals surface area contributed by atoms with Gasteiger partial charge in [-0.3, -0.25) is 0 Å². The Morgan fingerprint density at radius 2 is 1.89 bits per heavy atom. The molecule has 2 fully saturated rings. The molecule has 0 spiro atoms. The van der Waals surface area contributed by atoms with Crippen LogP contribution in [0.1, 0.15) is 92.4 Å². The summed E-state index contributed by atoms with van der Waals surface area (Å²) in [7, 11) is 0. The summed E-state index contributed by atoms with van der Waals surface area (Å²) in [6.45, 7) is 16.8. The van der Waals surface area contributed by atoms with Crippen LogP contribution in [0.25, 0.3) is 0 Å². The van der Waals surface area contributed by atoms with Crippen molar-refractivity contribution < 1.29 is 0 Å². The second-order valence-electron chi connectivity index (χ2n) is 11.7. The molecule has 4 rings (SSSR count). The van der Waals surface area contributed by atoms with Crippen molar-refractivity contribution in [2.24, 2.45) is 46.3 Å². The van der Waals surface area contributed by atoms with Crippen LogP contribution in [0, 0.1) is 46.3 Å². The molecule has 0 bridgehead atoms. The highest BCUT2D eigenvalue weighted by atomic mass is 14.6. The van der Waals surface area contributed by atoms with Gasteiger partial charge in [-0.25, -0.2) is 0 Å². The molecule has 7 atom stereocenters. The summed E-state index contributed by atoms with van der Waals surface area (Å²) in [6.07, 6.45) is 20.1. The van der Waals surface area contributed by atoms with Crippen LogP contribution in [0.15, 0.2) is 36.0 Å². The molecular formula is C28H44. The molecule has 0 aromatic carbocycles. The van der Waals surface area contributed by atoms with Gasteiger partial charge in [0.05, 0.1) is 0 Å². The van der Waals surface area contributed by atoms with Crippen molar-refractivity contribution in [3.63, 3.8) is 0 Å². The van der Waals surface area contributed by atoms with Gasteiger partial charge in [0.15, 0.2) is 0 Å². The highest BCUT2D eigenvalue weighted by molar-refractivity contribution is 5.34. The van der Waals surface area contributed by atoms with E-state index < -0.39 is 0 Å². The van der Waals surface area contributed by atoms with Crippen molar-refractivity contribution in [3.8, 4) is 0 Å². The minimum atomic E-state index is 0.470. The first-order valence-corrected chi connectivity index (χ1v) is 12.3. The van der Waals surface area contributed by atoms with Crippen molar-refractivity contribution in [2.45, 2.75) is 92.4 Å². The Morgan fingerprint density at radius 1 is 1.11 bits per heavy atom. The first-order chi connectivity index (χ1) is 13.3. The Balaban J connectivity index is 1.50. The second kappa shape index (κ2) is 7.48. The zero-order valence-electron chi connectivity index (χ0n) is 19.3. The molecule has 0 aromatic heterocycles. The second-order valence-corrected chi connectivity index (χ2v) is 11.7. The summed E-state index contributed by atoms with van der Waals surface area (Å²) in [5.41, 5.74) is 4.20. The van der Waals surface area contributed by atoms with Crippen LogP contribution < -0.4 is 0 Å². The molecule has 4 aliphatic rings. The lowest BCUT2D eigenvalue weighted by atomic mass is 9.47. The van der Waals surface area contributed by atoms with Gasteiger partial charge in [0.25, 0.3) is 0 Å². The highest BCUT2D eigenvalue weighted by Crippen LogP contribution is 2.66. The quantitative estimate of drug-likeness (QED) is 0.420. The van der Waals surface area contributed by atoms with Crippen molar-refractivity contribution in [3.05, 3.63) is 36.0 Å². The number of allylic oxidation sites excluding steroid dienone is 5. The summed E-state index contributed by atoms with van der Waals surface area (Å²) in [6, 6.07) is 0. The third kappa shape index (κ3) is 3.18. The van der Waals surface area contributed by atoms with Crippen molar-refractivity contribution in [1.29, 1.82) is 0 Å². The summed E-state index contributed by atoms with van der Waals surface area (Å²) in [5, 5.41) is 0. The number of hydrogen-bond donors (Lipinski definition) is 0. The summed E-state index contributed by atoms with van der Waals surface area (Å²) in [5.74, 6) is 5.27. The number of rotatable bonds is 5. The predicted molar refractivity (Wildman–Crippen MR) is 122 cm³/mol. The standard InChI is InChI=1S/C28H44/c1-19(2)20(3)10-11-21(4)24-14-15-25-23-13-12-22-9-7-8-17-27(22,5)26(23)16-18-28(24,25)6/h7,9,12,19,21,23-26H,3,8,10-11,13-18H2,1-2,4-6H3. The van der Waals surface area contributed by atoms with Crippen molar-refractivity contribution >= 4 is 0 Å². The Labute approximate surface area is 175 Å². The van der Waals surface area contributed by atoms with Gasteiger partial charge in [-0.1, -0.05) is 65.0 Å². The molecule has 4 aliphatic carbocycles. The van der Waals surface area contributed by atoms with E-state index in [1.807, 2.05) is 0 Å². The highest BCUT2D eigenvalue weighted by Gasteiger charge is 2.58. The summed E-state index contributed by atoms with van der Waals surface area (Å²) < 4.78 is 0. The van der Waals surface area contributed by atoms with E-state index in [2.05, 4.69) is 59.4 Å². The van der Waals surface area contributed by atoms with Gasteiger partial charge >= 0.3 is 0 Å². The zero-order valence-corrected chi connectivity index (χ0v) is 19.3. The molecule has 0 N–H and O–H groups in total. The van der Waals surface area contributed by atoms with Crippen LogP contribution in [-0.4, -0.2) is 0 Å². The van der Waals surface area contributed by atoms with Gasteiger partial charge in [0.1, 0.15) is 0 Å². The smallest absolute Gasteiger partial charge is 0.00445 e. The average molecular weight is 381 g/mol. The fourth-order valence-corrected chi connectivity index (χ4v) is 8.18. The van der Waals surface area contributed by atoms with Gasteiger partial charge < -0.3 is 0 Å². The maximum Gasteiger partial charge on any atom is -0.00445 e. The SMILES string of the molecule is C=C(CCC(C)C1CCC2C3CC=C4C=CCCC4(C)C3CCC12C)C(C)C. The Kier molecular flexibility index (Phi) is 5.47. The van der Waals surface area contributed by atoms with Crippen LogP contribution in [0.3, 0.4) is 0 Å². The third-order valence-corrected chi connectivity index (χ3v) is 10.2. The lowest BCUT2D eigenvalue weighted by Gasteiger charge is -2.57. The number of hydrogen-bond acceptors (Lipinski definition) is 0. The van der Waals surface area contributed by atoms with Crippen LogP contribution in [-0.2, 0) is 0 Å². The average Bonchev–Trinajstić information content (AvgIpc) is 3.02. The minimum Gasteiger partial charge on any atom is -0.0996 e. The van der Waals surface area contributed by atoms with Gasteiger partial charge in [-0.05, 0) is 110 Å². The first kappa shape index (κ1) is 20.5. The molecule has 0 radical (unpaired) electrons. The Bertz CT molecular complexity index is 664. The van der Waals surface area contributed by atoms with Crippen LogP contribution >= 0.6 is 0 Å². The molecule has 0 nitrogen and oxygen atoms in total. The van der Waals surface area contributed by atoms with E-state index in [-0.39, 0.29) is 0 Å². The van der Waals surface area contributed by atoms with E-state index in [0.29, 0.717) is 16.7 Å². The van der Waals surface area contributed by atoms with E-state index in [0.717, 1.165) is 29.6 Å². The van der Waals surface area contributed by atoms with Crippen LogP contribution in [0.2, 0.25) is 0 Å². The normalized spacial score (nSPS) is 43.1. The van der Waals surface area contributed by atoms with Crippen molar-refractivity contribution in [2.75, 3.05) is 0 Å². The van der Waals surface area contributed by atoms with Gasteiger partial charge in [0, 0.05) is 0 Å². The molecule has 0 aromatic rings. The number of fused-ring (bicyclic) bond motifs is 5. The molecule has 156 valence electrons. The Morgan fingerprint density at radius 3 is 2.64 bits per heavy atom. The molecule has 2 saturated carbocycles. The van der Waals surface area contributed by atoms with Gasteiger partial charge in [-0.2, -0.15) is 0 Å². The van der Waals surface area contributed by atoms with Crippen LogP contribution in [0.5, 0.6) is 0 Å². The molecule has 0 saturated heterocycles. The topological polar surface area (TPSA) is 0 Å². The monoisotopic (exact) mass is 380 g/mol. The third-order valence-electron chi connectivity index (χ3n) is 10.2. The van der Waals surface area contributed by atoms with Crippen LogP contribution in [0.4, 0.5) is 0 Å². The predicted octanol–water partition coefficient (Wildman–Crippen LogP) is 8.36. The molecular weight excluding hydrogens is 336 g/mol. The lowest BCUT2D eigenvalue weighted by molar-refractivity contribution is -0.0449. The molecule has 7 unspecified atom stereocenters. The van der Waals surface area contributed by atoms with Gasteiger partial charge in [-0.15, -0.1) is 0 Å². The zero-order chi connectivity index (χ0) is 20.1. The minimum absolute atomic E-state index is 0.470. The van der Waals surface area contributed by atoms with Gasteiger partial charge in [0.2, 0.25) is 0 Å². The fourth-order valence-electron chi connectivity index (χ4n) is 8.18. The molecule has 0 heteroatoms. The van der Waals surface area contributed by atoms with E-state index >= 15 is 0 Å². The summed E-state index contributed by atoms with van der Waals surface area (Å²) in [4.78, 5) is 0. The largest absolute Gasteiger partial charge is 0.0996 e. The maximum atomic E-state index is 4.34. The maximum absolute atomic E-state index is 4.34. The van der Waals surface area contributed by atoms with E-state index in [1.165, 1.54) is 63.4 Å². The van der Waals surface area contributed by atoms with E-state index in [9.17, 15) is 0 Å². The van der Waals surface area contributed by atoms with E-state index in [1.54, 1.807) is 5.57 Å².